The fraction of sp³-hybridized carbons (Fsp3) is 0.762. The van der Waals surface area contributed by atoms with E-state index < -0.39 is 0 Å². The molecule has 26 heavy (non-hydrogen) atoms. The van der Waals surface area contributed by atoms with Crippen LogP contribution < -0.4 is 0 Å². The maximum atomic E-state index is 12.3. The Morgan fingerprint density at radius 3 is 2.62 bits per heavy atom. The molecular weight excluding hydrogens is 348 g/mol. The van der Waals surface area contributed by atoms with E-state index in [0.29, 0.717) is 37.9 Å². The van der Waals surface area contributed by atoms with Gasteiger partial charge in [0.1, 0.15) is 11.6 Å². The lowest BCUT2D eigenvalue weighted by Gasteiger charge is -2.20. The van der Waals surface area contributed by atoms with Gasteiger partial charge in [0, 0.05) is 36.9 Å². The molecule has 1 unspecified atom stereocenters. The Bertz CT molecular complexity index is 486. The fourth-order valence-corrected chi connectivity index (χ4v) is 4.10. The van der Waals surface area contributed by atoms with Crippen molar-refractivity contribution in [2.24, 2.45) is 11.8 Å². The van der Waals surface area contributed by atoms with Crippen molar-refractivity contribution in [3.63, 3.8) is 0 Å². The van der Waals surface area contributed by atoms with E-state index in [1.54, 1.807) is 0 Å². The average molecular weight is 383 g/mol. The van der Waals surface area contributed by atoms with Crippen molar-refractivity contribution >= 4 is 30.2 Å². The van der Waals surface area contributed by atoms with Gasteiger partial charge >= 0.3 is 5.97 Å². The molecule has 0 spiro atoms. The summed E-state index contributed by atoms with van der Waals surface area (Å²) in [4.78, 5) is 35.3. The second kappa shape index (κ2) is 13.1. The molecule has 5 heteroatoms. The molecule has 0 aromatic heterocycles. The van der Waals surface area contributed by atoms with Gasteiger partial charge in [0.25, 0.3) is 0 Å². The molecule has 0 N–H and O–H groups in total. The number of carbonyl (C=O) groups excluding carboxylic acids is 3. The second-order valence-corrected chi connectivity index (χ2v) is 7.88. The predicted molar refractivity (Wildman–Crippen MR) is 107 cm³/mol. The van der Waals surface area contributed by atoms with Crippen LogP contribution in [-0.4, -0.2) is 29.9 Å². The molecule has 1 rings (SSSR count). The molecule has 1 saturated carbocycles. The third-order valence-corrected chi connectivity index (χ3v) is 5.75. The zero-order valence-electron chi connectivity index (χ0n) is 16.2. The number of thiol groups is 1. The zero-order chi connectivity index (χ0) is 19.4. The van der Waals surface area contributed by atoms with Crippen molar-refractivity contribution in [3.8, 4) is 0 Å². The van der Waals surface area contributed by atoms with E-state index in [-0.39, 0.29) is 28.8 Å². The number of esters is 1. The third-order valence-electron chi connectivity index (χ3n) is 5.19. The highest BCUT2D eigenvalue weighted by Crippen LogP contribution is 2.38. The molecule has 0 amide bonds. The van der Waals surface area contributed by atoms with E-state index >= 15 is 0 Å². The van der Waals surface area contributed by atoms with Crippen LogP contribution in [0.5, 0.6) is 0 Å². The summed E-state index contributed by atoms with van der Waals surface area (Å²) in [5.74, 6) is 0.576. The molecular formula is C21H34O4S. The van der Waals surface area contributed by atoms with Crippen molar-refractivity contribution in [1.82, 2.24) is 0 Å². The summed E-state index contributed by atoms with van der Waals surface area (Å²) in [6, 6.07) is 0. The molecule has 0 saturated heterocycles. The Morgan fingerprint density at radius 1 is 1.15 bits per heavy atom. The lowest BCUT2D eigenvalue weighted by atomic mass is 9.87. The molecule has 0 heterocycles. The van der Waals surface area contributed by atoms with E-state index in [0.717, 1.165) is 38.5 Å². The molecule has 1 aliphatic carbocycles. The van der Waals surface area contributed by atoms with E-state index in [1.165, 1.54) is 7.11 Å². The Morgan fingerprint density at radius 2 is 1.92 bits per heavy atom. The lowest BCUT2D eigenvalue weighted by Crippen LogP contribution is -2.19. The molecule has 1 aliphatic rings. The highest BCUT2D eigenvalue weighted by Gasteiger charge is 2.39. The van der Waals surface area contributed by atoms with Crippen LogP contribution in [0, 0.1) is 11.8 Å². The summed E-state index contributed by atoms with van der Waals surface area (Å²) in [6.45, 7) is 2.13. The predicted octanol–water partition coefficient (Wildman–Crippen LogP) is 4.71. The van der Waals surface area contributed by atoms with E-state index in [2.05, 4.69) is 24.3 Å². The Labute approximate surface area is 163 Å². The number of ether oxygens (including phenoxy) is 1. The van der Waals surface area contributed by atoms with Crippen molar-refractivity contribution in [2.75, 3.05) is 7.11 Å². The van der Waals surface area contributed by atoms with Gasteiger partial charge in [-0.15, -0.1) is 0 Å². The van der Waals surface area contributed by atoms with Gasteiger partial charge < -0.3 is 4.74 Å². The molecule has 3 atom stereocenters. The number of hydrogen-bond acceptors (Lipinski definition) is 5. The van der Waals surface area contributed by atoms with Crippen LogP contribution in [0.25, 0.3) is 0 Å². The Kier molecular flexibility index (Phi) is 11.6. The first-order valence-corrected chi connectivity index (χ1v) is 10.5. The van der Waals surface area contributed by atoms with Crippen LogP contribution in [0.2, 0.25) is 0 Å². The monoisotopic (exact) mass is 382 g/mol. The molecule has 1 fully saturated rings. The summed E-state index contributed by atoms with van der Waals surface area (Å²) < 4.78 is 4.61. The van der Waals surface area contributed by atoms with Crippen LogP contribution in [0.3, 0.4) is 0 Å². The van der Waals surface area contributed by atoms with Crippen LogP contribution in [0.4, 0.5) is 0 Å². The summed E-state index contributed by atoms with van der Waals surface area (Å²) in [5.41, 5.74) is 0. The van der Waals surface area contributed by atoms with Gasteiger partial charge in [0.05, 0.1) is 7.11 Å². The number of rotatable bonds is 13. The molecule has 0 aliphatic heterocycles. The summed E-state index contributed by atoms with van der Waals surface area (Å²) >= 11 is 4.60. The van der Waals surface area contributed by atoms with E-state index in [4.69, 9.17) is 0 Å². The van der Waals surface area contributed by atoms with Gasteiger partial charge in [0.15, 0.2) is 0 Å². The molecule has 0 aromatic rings. The minimum atomic E-state index is -0.189. The highest BCUT2D eigenvalue weighted by molar-refractivity contribution is 7.81. The largest absolute Gasteiger partial charge is 0.469 e. The van der Waals surface area contributed by atoms with Crippen molar-refractivity contribution < 1.29 is 19.1 Å². The minimum absolute atomic E-state index is 0.0159. The standard InChI is InChI=1S/C21H34O4S/c1-3-4-7-10-16(22)13-14-18-17(19(23)15-20(18)26)11-8-5-6-9-12-21(24)25-2/h5,8,17-18,20,26H,3-4,6-7,9-15H2,1-2H3/b8-5-/t17?,18-,20-/m1/s1. The number of carbonyl (C=O) groups is 3. The molecule has 0 aromatic carbocycles. The van der Waals surface area contributed by atoms with Gasteiger partial charge in [-0.2, -0.15) is 12.6 Å². The van der Waals surface area contributed by atoms with Gasteiger partial charge in [-0.3, -0.25) is 14.4 Å². The number of allylic oxidation sites excluding steroid dienone is 2. The van der Waals surface area contributed by atoms with Crippen molar-refractivity contribution in [2.45, 2.75) is 82.8 Å². The molecule has 4 nitrogen and oxygen atoms in total. The van der Waals surface area contributed by atoms with Crippen LogP contribution >= 0.6 is 12.6 Å². The van der Waals surface area contributed by atoms with Gasteiger partial charge in [-0.1, -0.05) is 31.9 Å². The molecule has 0 radical (unpaired) electrons. The minimum Gasteiger partial charge on any atom is -0.469 e. The summed E-state index contributed by atoms with van der Waals surface area (Å²) in [7, 11) is 1.40. The second-order valence-electron chi connectivity index (χ2n) is 7.22. The Balaban J connectivity index is 2.38. The number of hydrogen-bond donors (Lipinski definition) is 1. The summed E-state index contributed by atoms with van der Waals surface area (Å²) in [6.07, 6.45) is 12.5. The zero-order valence-corrected chi connectivity index (χ0v) is 17.1. The number of Topliss-reactive ketones (excluding diaryl/α,β-unsaturated/α-hetero) is 2. The lowest BCUT2D eigenvalue weighted by molar-refractivity contribution is -0.140. The maximum Gasteiger partial charge on any atom is 0.305 e. The highest BCUT2D eigenvalue weighted by atomic mass is 32.1. The SMILES string of the molecule is CCCCCC(=O)CC[C@@H]1C(C/C=C\CCCC(=O)OC)C(=O)C[C@H]1S. The normalized spacial score (nSPS) is 22.9. The quantitative estimate of drug-likeness (QED) is 0.217. The van der Waals surface area contributed by atoms with Gasteiger partial charge in [-0.25, -0.2) is 0 Å². The number of methoxy groups -OCH3 is 1. The first-order valence-electron chi connectivity index (χ1n) is 9.93. The maximum absolute atomic E-state index is 12.3. The smallest absolute Gasteiger partial charge is 0.305 e. The van der Waals surface area contributed by atoms with Crippen molar-refractivity contribution in [1.29, 1.82) is 0 Å². The van der Waals surface area contributed by atoms with Gasteiger partial charge in [-0.05, 0) is 38.0 Å². The topological polar surface area (TPSA) is 60.4 Å². The first-order chi connectivity index (χ1) is 12.5. The Hall–Kier alpha value is -1.10. The molecule has 0 bridgehead atoms. The molecule has 148 valence electrons. The van der Waals surface area contributed by atoms with Crippen molar-refractivity contribution in [3.05, 3.63) is 12.2 Å². The van der Waals surface area contributed by atoms with Crippen LogP contribution in [0.15, 0.2) is 12.2 Å². The fourth-order valence-electron chi connectivity index (χ4n) is 3.57. The van der Waals surface area contributed by atoms with Crippen LogP contribution in [0.1, 0.15) is 77.6 Å². The first kappa shape index (κ1) is 22.9. The number of unbranched alkanes of at least 4 members (excludes halogenated alkanes) is 3. The average Bonchev–Trinajstić information content (AvgIpc) is 2.89. The third kappa shape index (κ3) is 8.52. The summed E-state index contributed by atoms with van der Waals surface area (Å²) in [5, 5.41) is 0.0728. The van der Waals surface area contributed by atoms with Crippen LogP contribution in [-0.2, 0) is 19.1 Å². The number of ketones is 2. The van der Waals surface area contributed by atoms with Gasteiger partial charge in [0.2, 0.25) is 0 Å². The van der Waals surface area contributed by atoms with E-state index in [1.807, 2.05) is 12.2 Å². The van der Waals surface area contributed by atoms with E-state index in [9.17, 15) is 14.4 Å².